The minimum Gasteiger partial charge on any atom is -0.447 e. The number of carbonyl (C=O) groups excluding carboxylic acids is 1. The summed E-state index contributed by atoms with van der Waals surface area (Å²) in [6.45, 7) is 14.3. The molecular formula is C19H34N4O4. The lowest BCUT2D eigenvalue weighted by molar-refractivity contribution is 0.00949. The summed E-state index contributed by atoms with van der Waals surface area (Å²) >= 11 is 0. The zero-order chi connectivity index (χ0) is 19.8. The molecule has 27 heavy (non-hydrogen) atoms. The molecular weight excluding hydrogens is 348 g/mol. The van der Waals surface area contributed by atoms with Gasteiger partial charge in [0.1, 0.15) is 6.26 Å². The molecule has 1 aromatic heterocycles. The van der Waals surface area contributed by atoms with Crippen molar-refractivity contribution in [3.05, 3.63) is 17.8 Å². The molecule has 0 spiro atoms. The first-order chi connectivity index (χ1) is 12.9. The van der Waals surface area contributed by atoms with Gasteiger partial charge in [0.25, 0.3) is 5.91 Å². The number of aromatic nitrogens is 1. The Bertz CT molecular complexity index is 570. The van der Waals surface area contributed by atoms with Crippen LogP contribution in [-0.2, 0) is 11.3 Å². The van der Waals surface area contributed by atoms with Crippen molar-refractivity contribution in [3.63, 3.8) is 0 Å². The summed E-state index contributed by atoms with van der Waals surface area (Å²) in [5, 5.41) is 9.95. The van der Waals surface area contributed by atoms with E-state index in [2.05, 4.69) is 14.8 Å². The third kappa shape index (κ3) is 6.57. The van der Waals surface area contributed by atoms with Crippen molar-refractivity contribution >= 4 is 5.91 Å². The van der Waals surface area contributed by atoms with Gasteiger partial charge in [0.2, 0.25) is 5.89 Å². The van der Waals surface area contributed by atoms with Crippen LogP contribution in [0.4, 0.5) is 0 Å². The average Bonchev–Trinajstić information content (AvgIpc) is 3.10. The number of hydrogen-bond donors (Lipinski definition) is 1. The van der Waals surface area contributed by atoms with Gasteiger partial charge < -0.3 is 19.2 Å². The van der Waals surface area contributed by atoms with Gasteiger partial charge in [-0.15, -0.1) is 0 Å². The maximum atomic E-state index is 12.5. The smallest absolute Gasteiger partial charge is 0.276 e. The van der Waals surface area contributed by atoms with Crippen molar-refractivity contribution in [2.75, 3.05) is 52.5 Å². The molecule has 1 saturated heterocycles. The largest absolute Gasteiger partial charge is 0.447 e. The van der Waals surface area contributed by atoms with Gasteiger partial charge in [0.15, 0.2) is 5.69 Å². The van der Waals surface area contributed by atoms with Crippen LogP contribution in [0.15, 0.2) is 10.7 Å². The Labute approximate surface area is 162 Å². The lowest BCUT2D eigenvalue weighted by atomic mass is 10.2. The van der Waals surface area contributed by atoms with Crippen molar-refractivity contribution in [3.8, 4) is 0 Å². The number of oxazole rings is 1. The molecule has 0 aromatic carbocycles. The van der Waals surface area contributed by atoms with E-state index in [1.807, 2.05) is 27.7 Å². The third-order valence-electron chi connectivity index (χ3n) is 4.80. The van der Waals surface area contributed by atoms with Crippen LogP contribution in [-0.4, -0.2) is 95.3 Å². The molecule has 2 heterocycles. The summed E-state index contributed by atoms with van der Waals surface area (Å²) in [6.07, 6.45) is 1.02. The topological polar surface area (TPSA) is 82.3 Å². The standard InChI is InChI=1S/C19H34N4O4/c1-5-23(15(3)4)19(25)17-14-27-18(20-17)12-22-9-7-21(8-10-22)11-16(24)13-26-6-2/h14-16,24H,5-13H2,1-4H3. The summed E-state index contributed by atoms with van der Waals surface area (Å²) in [7, 11) is 0. The van der Waals surface area contributed by atoms with Gasteiger partial charge in [0.05, 0.1) is 19.3 Å². The Balaban J connectivity index is 1.79. The number of nitrogens with zero attached hydrogens (tertiary/aromatic N) is 4. The minimum atomic E-state index is -0.445. The Hall–Kier alpha value is -1.48. The average molecular weight is 383 g/mol. The van der Waals surface area contributed by atoms with Gasteiger partial charge >= 0.3 is 0 Å². The minimum absolute atomic E-state index is 0.0874. The molecule has 1 amide bonds. The van der Waals surface area contributed by atoms with Gasteiger partial charge in [-0.1, -0.05) is 0 Å². The predicted octanol–water partition coefficient (Wildman–Crippen LogP) is 1.06. The fourth-order valence-electron chi connectivity index (χ4n) is 3.30. The molecule has 0 aliphatic carbocycles. The third-order valence-corrected chi connectivity index (χ3v) is 4.80. The number of aliphatic hydroxyl groups excluding tert-OH is 1. The van der Waals surface area contributed by atoms with Crippen molar-refractivity contribution in [1.82, 2.24) is 19.7 Å². The molecule has 1 unspecified atom stereocenters. The zero-order valence-electron chi connectivity index (χ0n) is 17.1. The van der Waals surface area contributed by atoms with E-state index in [1.165, 1.54) is 6.26 Å². The van der Waals surface area contributed by atoms with E-state index in [0.29, 0.717) is 44.4 Å². The first-order valence-corrected chi connectivity index (χ1v) is 9.90. The summed E-state index contributed by atoms with van der Waals surface area (Å²) < 4.78 is 10.8. The van der Waals surface area contributed by atoms with Gasteiger partial charge in [-0.05, 0) is 27.7 Å². The van der Waals surface area contributed by atoms with E-state index in [1.54, 1.807) is 4.90 Å². The zero-order valence-corrected chi connectivity index (χ0v) is 17.1. The second kappa shape index (κ2) is 10.8. The van der Waals surface area contributed by atoms with E-state index in [0.717, 1.165) is 26.2 Å². The van der Waals surface area contributed by atoms with Crippen LogP contribution in [0.5, 0.6) is 0 Å². The van der Waals surface area contributed by atoms with Crippen LogP contribution in [0.2, 0.25) is 0 Å². The molecule has 1 aromatic rings. The van der Waals surface area contributed by atoms with Crippen LogP contribution in [0.25, 0.3) is 0 Å². The number of β-amino-alcohol motifs (C(OH)–C–C–N with tert-alkyl or cyclic N) is 1. The second-order valence-corrected chi connectivity index (χ2v) is 7.20. The summed E-state index contributed by atoms with van der Waals surface area (Å²) in [4.78, 5) is 23.1. The first kappa shape index (κ1) is 21.8. The number of ether oxygens (including phenoxy) is 1. The summed E-state index contributed by atoms with van der Waals surface area (Å²) in [5.74, 6) is 0.485. The second-order valence-electron chi connectivity index (χ2n) is 7.20. The van der Waals surface area contributed by atoms with E-state index in [9.17, 15) is 9.90 Å². The number of aliphatic hydroxyl groups is 1. The molecule has 0 bridgehead atoms. The molecule has 0 saturated carbocycles. The Morgan fingerprint density at radius 2 is 1.96 bits per heavy atom. The van der Waals surface area contributed by atoms with E-state index in [4.69, 9.17) is 9.15 Å². The molecule has 1 aliphatic heterocycles. The van der Waals surface area contributed by atoms with Gasteiger partial charge in [0, 0.05) is 51.9 Å². The number of rotatable bonds is 10. The highest BCUT2D eigenvalue weighted by atomic mass is 16.5. The maximum Gasteiger partial charge on any atom is 0.276 e. The first-order valence-electron chi connectivity index (χ1n) is 9.90. The van der Waals surface area contributed by atoms with Crippen LogP contribution in [0, 0.1) is 0 Å². The SMILES string of the molecule is CCOCC(O)CN1CCN(Cc2nc(C(=O)N(CC)C(C)C)co2)CC1. The highest BCUT2D eigenvalue weighted by Crippen LogP contribution is 2.12. The summed E-state index contributed by atoms with van der Waals surface area (Å²) in [5.41, 5.74) is 0.373. The fourth-order valence-corrected chi connectivity index (χ4v) is 3.30. The molecule has 154 valence electrons. The van der Waals surface area contributed by atoms with Gasteiger partial charge in [-0.25, -0.2) is 4.98 Å². The fraction of sp³-hybridized carbons (Fsp3) is 0.789. The number of piperazine rings is 1. The number of amides is 1. The van der Waals surface area contributed by atoms with Crippen molar-refractivity contribution in [2.45, 2.75) is 46.4 Å². The quantitative estimate of drug-likeness (QED) is 0.648. The van der Waals surface area contributed by atoms with Crippen molar-refractivity contribution in [1.29, 1.82) is 0 Å². The number of carbonyl (C=O) groups is 1. The Kier molecular flexibility index (Phi) is 8.69. The maximum absolute atomic E-state index is 12.5. The van der Waals surface area contributed by atoms with E-state index < -0.39 is 6.10 Å². The molecule has 1 fully saturated rings. The Morgan fingerprint density at radius 3 is 2.56 bits per heavy atom. The lowest BCUT2D eigenvalue weighted by Gasteiger charge is -2.34. The van der Waals surface area contributed by atoms with Crippen molar-refractivity contribution in [2.24, 2.45) is 0 Å². The van der Waals surface area contributed by atoms with Crippen LogP contribution >= 0.6 is 0 Å². The highest BCUT2D eigenvalue weighted by molar-refractivity contribution is 5.92. The van der Waals surface area contributed by atoms with Crippen LogP contribution < -0.4 is 0 Å². The molecule has 8 heteroatoms. The molecule has 0 radical (unpaired) electrons. The normalized spacial score (nSPS) is 17.4. The molecule has 2 rings (SSSR count). The Morgan fingerprint density at radius 1 is 1.30 bits per heavy atom. The molecule has 1 N–H and O–H groups in total. The summed E-state index contributed by atoms with van der Waals surface area (Å²) in [6, 6.07) is 0.133. The highest BCUT2D eigenvalue weighted by Gasteiger charge is 2.23. The molecule has 1 atom stereocenters. The lowest BCUT2D eigenvalue weighted by Crippen LogP contribution is -2.48. The molecule has 1 aliphatic rings. The van der Waals surface area contributed by atoms with Gasteiger partial charge in [-0.2, -0.15) is 0 Å². The number of hydrogen-bond acceptors (Lipinski definition) is 7. The van der Waals surface area contributed by atoms with Gasteiger partial charge in [-0.3, -0.25) is 14.6 Å². The van der Waals surface area contributed by atoms with Crippen LogP contribution in [0.1, 0.15) is 44.1 Å². The molecule has 8 nitrogen and oxygen atoms in total. The van der Waals surface area contributed by atoms with Crippen LogP contribution in [0.3, 0.4) is 0 Å². The predicted molar refractivity (Wildman–Crippen MR) is 103 cm³/mol. The van der Waals surface area contributed by atoms with E-state index >= 15 is 0 Å². The van der Waals surface area contributed by atoms with E-state index in [-0.39, 0.29) is 11.9 Å². The van der Waals surface area contributed by atoms with Crippen molar-refractivity contribution < 1.29 is 19.1 Å². The monoisotopic (exact) mass is 382 g/mol.